The molecule has 2 aromatic rings. The molecule has 0 aromatic heterocycles. The number of benzene rings is 2. The molecule has 4 heteroatoms. The van der Waals surface area contributed by atoms with Crippen LogP contribution >= 0.6 is 0 Å². The van der Waals surface area contributed by atoms with Crippen LogP contribution in [-0.4, -0.2) is 30.7 Å². The number of rotatable bonds is 20. The Bertz CT molecular complexity index is 976. The molecule has 4 nitrogen and oxygen atoms in total. The van der Waals surface area contributed by atoms with Crippen LogP contribution in [0, 0.1) is 11.8 Å². The second-order valence-electron chi connectivity index (χ2n) is 11.3. The minimum Gasteiger partial charge on any atom is -0.367 e. The Morgan fingerprint density at radius 3 is 1.80 bits per heavy atom. The molecule has 1 aliphatic heterocycles. The Kier molecular flexibility index (Phi) is 16.2. The van der Waals surface area contributed by atoms with Gasteiger partial charge in [-0.15, -0.1) is 5.92 Å². The molecule has 41 heavy (non-hydrogen) atoms. The highest BCUT2D eigenvalue weighted by atomic mass is 16.8. The monoisotopic (exact) mass is 562 g/mol. The summed E-state index contributed by atoms with van der Waals surface area (Å²) in [6, 6.07) is 20.6. The van der Waals surface area contributed by atoms with Gasteiger partial charge in [-0.3, -0.25) is 0 Å². The van der Waals surface area contributed by atoms with Gasteiger partial charge in [0.25, 0.3) is 0 Å². The molecule has 1 fully saturated rings. The summed E-state index contributed by atoms with van der Waals surface area (Å²) in [4.78, 5) is 0. The van der Waals surface area contributed by atoms with Crippen molar-refractivity contribution in [1.29, 1.82) is 0 Å². The SMILES string of the molecule is CCCCCCCCCCCCC#C[C@H](OCc1ccccc1)[C@@H](OCc1ccccc1)[C@H]1COC(CC)(CC)O1. The van der Waals surface area contributed by atoms with Crippen molar-refractivity contribution in [2.75, 3.05) is 6.61 Å². The topological polar surface area (TPSA) is 36.9 Å². The van der Waals surface area contributed by atoms with E-state index in [2.05, 4.69) is 56.9 Å². The Morgan fingerprint density at radius 1 is 0.732 bits per heavy atom. The lowest BCUT2D eigenvalue weighted by Crippen LogP contribution is -2.43. The van der Waals surface area contributed by atoms with Gasteiger partial charge in [-0.05, 0) is 30.4 Å². The van der Waals surface area contributed by atoms with Gasteiger partial charge in [-0.25, -0.2) is 0 Å². The van der Waals surface area contributed by atoms with E-state index in [9.17, 15) is 0 Å². The average molecular weight is 563 g/mol. The van der Waals surface area contributed by atoms with E-state index in [0.717, 1.165) is 36.8 Å². The van der Waals surface area contributed by atoms with Crippen LogP contribution in [0.15, 0.2) is 60.7 Å². The third-order valence-electron chi connectivity index (χ3n) is 8.08. The number of hydrogen-bond donors (Lipinski definition) is 0. The first-order chi connectivity index (χ1) is 20.2. The summed E-state index contributed by atoms with van der Waals surface area (Å²) in [5, 5.41) is 0. The van der Waals surface area contributed by atoms with Gasteiger partial charge in [-0.2, -0.15) is 0 Å². The van der Waals surface area contributed by atoms with E-state index >= 15 is 0 Å². The summed E-state index contributed by atoms with van der Waals surface area (Å²) in [7, 11) is 0. The molecular formula is C37H54O4. The maximum absolute atomic E-state index is 6.57. The molecule has 0 radical (unpaired) electrons. The van der Waals surface area contributed by atoms with Crippen LogP contribution < -0.4 is 0 Å². The maximum Gasteiger partial charge on any atom is 0.168 e. The first-order valence-corrected chi connectivity index (χ1v) is 16.3. The minimum atomic E-state index is -0.563. The third kappa shape index (κ3) is 12.3. The molecular weight excluding hydrogens is 508 g/mol. The minimum absolute atomic E-state index is 0.244. The Hall–Kier alpha value is -2.16. The summed E-state index contributed by atoms with van der Waals surface area (Å²) in [6.45, 7) is 7.93. The van der Waals surface area contributed by atoms with Crippen molar-refractivity contribution in [3.05, 3.63) is 71.8 Å². The molecule has 3 rings (SSSR count). The van der Waals surface area contributed by atoms with E-state index in [4.69, 9.17) is 18.9 Å². The van der Waals surface area contributed by atoms with Gasteiger partial charge in [0.15, 0.2) is 5.79 Å². The highest BCUT2D eigenvalue weighted by Crippen LogP contribution is 2.33. The highest BCUT2D eigenvalue weighted by Gasteiger charge is 2.44. The number of ether oxygens (including phenoxy) is 4. The van der Waals surface area contributed by atoms with Gasteiger partial charge >= 0.3 is 0 Å². The van der Waals surface area contributed by atoms with Crippen LogP contribution in [0.1, 0.15) is 115 Å². The molecule has 3 atom stereocenters. The zero-order valence-electron chi connectivity index (χ0n) is 26.0. The largest absolute Gasteiger partial charge is 0.367 e. The fourth-order valence-electron chi connectivity index (χ4n) is 5.37. The molecule has 1 heterocycles. The fraction of sp³-hybridized carbons (Fsp3) is 0.622. The first-order valence-electron chi connectivity index (χ1n) is 16.3. The van der Waals surface area contributed by atoms with Crippen LogP contribution in [-0.2, 0) is 32.2 Å². The first kappa shape index (κ1) is 33.3. The fourth-order valence-corrected chi connectivity index (χ4v) is 5.37. The second kappa shape index (κ2) is 19.9. The van der Waals surface area contributed by atoms with Crippen molar-refractivity contribution in [1.82, 2.24) is 0 Å². The van der Waals surface area contributed by atoms with Crippen LogP contribution in [0.4, 0.5) is 0 Å². The molecule has 1 aliphatic rings. The van der Waals surface area contributed by atoms with Crippen LogP contribution in [0.3, 0.4) is 0 Å². The van der Waals surface area contributed by atoms with E-state index in [0.29, 0.717) is 19.8 Å². The van der Waals surface area contributed by atoms with Gasteiger partial charge in [-0.1, -0.05) is 145 Å². The lowest BCUT2D eigenvalue weighted by Gasteiger charge is -2.30. The van der Waals surface area contributed by atoms with Crippen molar-refractivity contribution in [3.8, 4) is 11.8 Å². The summed E-state index contributed by atoms with van der Waals surface area (Å²) in [6.07, 6.45) is 14.7. The van der Waals surface area contributed by atoms with E-state index in [1.54, 1.807) is 0 Å². The normalized spacial score (nSPS) is 17.6. The van der Waals surface area contributed by atoms with Crippen molar-refractivity contribution in [3.63, 3.8) is 0 Å². The van der Waals surface area contributed by atoms with Gasteiger partial charge in [0, 0.05) is 6.42 Å². The molecule has 0 bridgehead atoms. The quantitative estimate of drug-likeness (QED) is 0.119. The lowest BCUT2D eigenvalue weighted by atomic mass is 10.1. The van der Waals surface area contributed by atoms with Gasteiger partial charge in [0.2, 0.25) is 0 Å². The molecule has 0 amide bonds. The van der Waals surface area contributed by atoms with Gasteiger partial charge in [0.05, 0.1) is 19.8 Å². The molecule has 226 valence electrons. The number of hydrogen-bond acceptors (Lipinski definition) is 4. The van der Waals surface area contributed by atoms with Gasteiger partial charge < -0.3 is 18.9 Å². The van der Waals surface area contributed by atoms with Crippen molar-refractivity contribution >= 4 is 0 Å². The predicted molar refractivity (Wildman–Crippen MR) is 168 cm³/mol. The zero-order chi connectivity index (χ0) is 29.0. The van der Waals surface area contributed by atoms with Gasteiger partial charge in [0.1, 0.15) is 18.3 Å². The summed E-state index contributed by atoms with van der Waals surface area (Å²) < 4.78 is 25.8. The van der Waals surface area contributed by atoms with Crippen molar-refractivity contribution in [2.24, 2.45) is 0 Å². The Labute approximate surface area is 250 Å². The molecule has 0 unspecified atom stereocenters. The van der Waals surface area contributed by atoms with Crippen LogP contribution in [0.5, 0.6) is 0 Å². The molecule has 0 saturated carbocycles. The average Bonchev–Trinajstić information content (AvgIpc) is 3.46. The molecule has 0 spiro atoms. The molecule has 2 aromatic carbocycles. The summed E-state index contributed by atoms with van der Waals surface area (Å²) >= 11 is 0. The van der Waals surface area contributed by atoms with E-state index in [1.807, 2.05) is 36.4 Å². The molecule has 1 saturated heterocycles. The van der Waals surface area contributed by atoms with Crippen LogP contribution in [0.25, 0.3) is 0 Å². The highest BCUT2D eigenvalue weighted by molar-refractivity contribution is 5.16. The summed E-state index contributed by atoms with van der Waals surface area (Å²) in [5.74, 6) is 6.35. The smallest absolute Gasteiger partial charge is 0.168 e. The maximum atomic E-state index is 6.57. The predicted octanol–water partition coefficient (Wildman–Crippen LogP) is 9.40. The van der Waals surface area contributed by atoms with Crippen LogP contribution in [0.2, 0.25) is 0 Å². The van der Waals surface area contributed by atoms with E-state index < -0.39 is 11.9 Å². The van der Waals surface area contributed by atoms with E-state index in [-0.39, 0.29) is 12.2 Å². The second-order valence-corrected chi connectivity index (χ2v) is 11.3. The molecule has 0 aliphatic carbocycles. The Balaban J connectivity index is 1.62. The van der Waals surface area contributed by atoms with Crippen molar-refractivity contribution in [2.45, 2.75) is 142 Å². The summed E-state index contributed by atoms with van der Waals surface area (Å²) in [5.41, 5.74) is 2.24. The Morgan fingerprint density at radius 2 is 1.27 bits per heavy atom. The lowest BCUT2D eigenvalue weighted by molar-refractivity contribution is -0.195. The third-order valence-corrected chi connectivity index (χ3v) is 8.08. The number of unbranched alkanes of at least 4 members (excludes halogenated alkanes) is 10. The van der Waals surface area contributed by atoms with E-state index in [1.165, 1.54) is 57.8 Å². The van der Waals surface area contributed by atoms with Crippen molar-refractivity contribution < 1.29 is 18.9 Å². The standard InChI is InChI=1S/C37H54O4/c1-4-7-8-9-10-11-12-13-14-15-16-23-28-34(38-29-32-24-19-17-20-25-32)36(39-30-33-26-21-18-22-27-33)35-31-40-37(5-2,6-3)41-35/h17-22,24-27,34-36H,4-16,29-31H2,1-3H3/t34-,35+,36+/m0/s1. The molecule has 0 N–H and O–H groups in total. The zero-order valence-corrected chi connectivity index (χ0v) is 26.0.